The summed E-state index contributed by atoms with van der Waals surface area (Å²) in [6.07, 6.45) is 2.56. The minimum atomic E-state index is -0.527. The molecule has 0 spiro atoms. The van der Waals surface area contributed by atoms with Gasteiger partial charge in [-0.05, 0) is 50.3 Å². The SMILES string of the molecule is CC(C)N(CC(=O)Nc1ccc(F)cc1)C(=O)/C=C/c1ccccc1[N+](=O)[O-]. The molecule has 28 heavy (non-hydrogen) atoms. The van der Waals surface area contributed by atoms with Gasteiger partial charge in [-0.3, -0.25) is 19.7 Å². The number of nitro groups is 1. The second-order valence-corrected chi connectivity index (χ2v) is 6.26. The lowest BCUT2D eigenvalue weighted by Crippen LogP contribution is -2.41. The average molecular weight is 385 g/mol. The molecule has 1 N–H and O–H groups in total. The maximum absolute atomic E-state index is 12.9. The third-order valence-corrected chi connectivity index (χ3v) is 3.89. The Kier molecular flexibility index (Phi) is 6.97. The Morgan fingerprint density at radius 3 is 2.43 bits per heavy atom. The van der Waals surface area contributed by atoms with Crippen LogP contribution in [0.25, 0.3) is 6.08 Å². The zero-order chi connectivity index (χ0) is 20.7. The van der Waals surface area contributed by atoms with Crippen molar-refractivity contribution in [3.63, 3.8) is 0 Å². The van der Waals surface area contributed by atoms with E-state index in [0.29, 0.717) is 11.3 Å². The fraction of sp³-hybridized carbons (Fsp3) is 0.200. The Morgan fingerprint density at radius 2 is 1.82 bits per heavy atom. The lowest BCUT2D eigenvalue weighted by molar-refractivity contribution is -0.385. The van der Waals surface area contributed by atoms with E-state index in [0.717, 1.165) is 0 Å². The number of nitrogens with one attached hydrogen (secondary N) is 1. The standard InChI is InChI=1S/C20H20FN3O4/c1-14(2)23(13-19(25)22-17-10-8-16(21)9-11-17)20(26)12-7-15-5-3-4-6-18(15)24(27)28/h3-12,14H,13H2,1-2H3,(H,22,25)/b12-7+. The molecule has 8 heteroatoms. The highest BCUT2D eigenvalue weighted by atomic mass is 19.1. The fourth-order valence-electron chi connectivity index (χ4n) is 2.45. The topological polar surface area (TPSA) is 92.6 Å². The van der Waals surface area contributed by atoms with Crippen LogP contribution in [-0.4, -0.2) is 34.2 Å². The summed E-state index contributed by atoms with van der Waals surface area (Å²) in [7, 11) is 0. The Labute approximate surface area is 161 Å². The molecule has 2 aromatic rings. The van der Waals surface area contributed by atoms with Gasteiger partial charge in [-0.15, -0.1) is 0 Å². The summed E-state index contributed by atoms with van der Waals surface area (Å²) in [6.45, 7) is 3.29. The van der Waals surface area contributed by atoms with E-state index in [4.69, 9.17) is 0 Å². The van der Waals surface area contributed by atoms with Crippen LogP contribution < -0.4 is 5.32 Å². The van der Waals surface area contributed by atoms with Gasteiger partial charge in [-0.25, -0.2) is 4.39 Å². The molecule has 0 radical (unpaired) electrons. The summed E-state index contributed by atoms with van der Waals surface area (Å²) in [5.41, 5.74) is 0.593. The predicted molar refractivity (Wildman–Crippen MR) is 104 cm³/mol. The quantitative estimate of drug-likeness (QED) is 0.448. The fourth-order valence-corrected chi connectivity index (χ4v) is 2.45. The number of nitro benzene ring substituents is 1. The molecule has 7 nitrogen and oxygen atoms in total. The van der Waals surface area contributed by atoms with Crippen molar-refractivity contribution in [2.75, 3.05) is 11.9 Å². The van der Waals surface area contributed by atoms with Crippen molar-refractivity contribution in [1.29, 1.82) is 0 Å². The zero-order valence-corrected chi connectivity index (χ0v) is 15.5. The number of hydrogen-bond donors (Lipinski definition) is 1. The van der Waals surface area contributed by atoms with Gasteiger partial charge in [0.15, 0.2) is 0 Å². The molecular formula is C20H20FN3O4. The summed E-state index contributed by atoms with van der Waals surface area (Å²) in [5.74, 6) is -1.31. The molecule has 0 fully saturated rings. The molecule has 146 valence electrons. The van der Waals surface area contributed by atoms with Crippen LogP contribution >= 0.6 is 0 Å². The molecule has 0 saturated carbocycles. The van der Waals surface area contributed by atoms with Gasteiger partial charge >= 0.3 is 0 Å². The molecule has 0 heterocycles. The number of carbonyl (C=O) groups excluding carboxylic acids is 2. The Hall–Kier alpha value is -3.55. The van der Waals surface area contributed by atoms with Gasteiger partial charge in [0.05, 0.1) is 10.5 Å². The largest absolute Gasteiger partial charge is 0.327 e. The molecule has 0 aliphatic carbocycles. The monoisotopic (exact) mass is 385 g/mol. The van der Waals surface area contributed by atoms with E-state index >= 15 is 0 Å². The van der Waals surface area contributed by atoms with Crippen molar-refractivity contribution < 1.29 is 18.9 Å². The maximum Gasteiger partial charge on any atom is 0.276 e. The number of carbonyl (C=O) groups is 2. The number of rotatable bonds is 7. The summed E-state index contributed by atoms with van der Waals surface area (Å²) in [6, 6.07) is 11.1. The van der Waals surface area contributed by atoms with Gasteiger partial charge in [-0.1, -0.05) is 12.1 Å². The van der Waals surface area contributed by atoms with Gasteiger partial charge in [-0.2, -0.15) is 0 Å². The minimum absolute atomic E-state index is 0.114. The van der Waals surface area contributed by atoms with Crippen molar-refractivity contribution in [2.24, 2.45) is 0 Å². The highest BCUT2D eigenvalue weighted by Gasteiger charge is 2.19. The molecule has 0 saturated heterocycles. The van der Waals surface area contributed by atoms with Crippen LogP contribution in [0, 0.1) is 15.9 Å². The van der Waals surface area contributed by atoms with Crippen molar-refractivity contribution in [1.82, 2.24) is 4.90 Å². The van der Waals surface area contributed by atoms with Crippen LogP contribution in [0.5, 0.6) is 0 Å². The molecule has 0 atom stereocenters. The number of anilines is 1. The molecule has 0 bridgehead atoms. The van der Waals surface area contributed by atoms with Gasteiger partial charge < -0.3 is 10.2 Å². The smallest absolute Gasteiger partial charge is 0.276 e. The van der Waals surface area contributed by atoms with E-state index in [1.165, 1.54) is 59.5 Å². The molecule has 2 amide bonds. The summed E-state index contributed by atoms with van der Waals surface area (Å²) < 4.78 is 12.9. The van der Waals surface area contributed by atoms with E-state index < -0.39 is 22.6 Å². The van der Waals surface area contributed by atoms with E-state index in [1.54, 1.807) is 19.9 Å². The average Bonchev–Trinajstić information content (AvgIpc) is 2.66. The summed E-state index contributed by atoms with van der Waals surface area (Å²) in [4.78, 5) is 36.6. The Balaban J connectivity index is 2.08. The van der Waals surface area contributed by atoms with Gasteiger partial charge in [0, 0.05) is 23.9 Å². The first-order valence-electron chi connectivity index (χ1n) is 8.55. The first kappa shape index (κ1) is 20.8. The zero-order valence-electron chi connectivity index (χ0n) is 15.5. The van der Waals surface area contributed by atoms with Crippen LogP contribution in [0.2, 0.25) is 0 Å². The van der Waals surface area contributed by atoms with Crippen LogP contribution in [0.3, 0.4) is 0 Å². The van der Waals surface area contributed by atoms with Crippen LogP contribution in [0.1, 0.15) is 19.4 Å². The number of halogens is 1. The van der Waals surface area contributed by atoms with Crippen molar-refractivity contribution in [3.05, 3.63) is 76.1 Å². The minimum Gasteiger partial charge on any atom is -0.327 e. The van der Waals surface area contributed by atoms with E-state index in [9.17, 15) is 24.1 Å². The highest BCUT2D eigenvalue weighted by molar-refractivity contribution is 5.98. The van der Waals surface area contributed by atoms with Crippen molar-refractivity contribution in [3.8, 4) is 0 Å². The number of hydrogen-bond acceptors (Lipinski definition) is 4. The van der Waals surface area contributed by atoms with Gasteiger partial charge in [0.1, 0.15) is 12.4 Å². The maximum atomic E-state index is 12.9. The lowest BCUT2D eigenvalue weighted by atomic mass is 10.1. The lowest BCUT2D eigenvalue weighted by Gasteiger charge is -2.24. The summed E-state index contributed by atoms with van der Waals surface area (Å²) in [5, 5.41) is 13.6. The number of benzene rings is 2. The first-order valence-corrected chi connectivity index (χ1v) is 8.55. The van der Waals surface area contributed by atoms with Crippen molar-refractivity contribution in [2.45, 2.75) is 19.9 Å². The molecular weight excluding hydrogens is 365 g/mol. The molecule has 0 aliphatic heterocycles. The van der Waals surface area contributed by atoms with Crippen LogP contribution in [0.15, 0.2) is 54.6 Å². The van der Waals surface area contributed by atoms with Crippen LogP contribution in [0.4, 0.5) is 15.8 Å². The molecule has 0 aromatic heterocycles. The number of nitrogens with zero attached hydrogens (tertiary/aromatic N) is 2. The van der Waals surface area contributed by atoms with Crippen LogP contribution in [-0.2, 0) is 9.59 Å². The van der Waals surface area contributed by atoms with Crippen molar-refractivity contribution >= 4 is 29.3 Å². The molecule has 0 aliphatic rings. The molecule has 0 unspecified atom stereocenters. The third kappa shape index (κ3) is 5.73. The summed E-state index contributed by atoms with van der Waals surface area (Å²) >= 11 is 0. The van der Waals surface area contributed by atoms with E-state index in [1.807, 2.05) is 0 Å². The third-order valence-electron chi connectivity index (χ3n) is 3.89. The highest BCUT2D eigenvalue weighted by Crippen LogP contribution is 2.19. The second kappa shape index (κ2) is 9.40. The normalized spacial score (nSPS) is 10.9. The second-order valence-electron chi connectivity index (χ2n) is 6.26. The number of amides is 2. The van der Waals surface area contributed by atoms with E-state index in [-0.39, 0.29) is 18.3 Å². The van der Waals surface area contributed by atoms with Gasteiger partial charge in [0.2, 0.25) is 11.8 Å². The Morgan fingerprint density at radius 1 is 1.18 bits per heavy atom. The first-order chi connectivity index (χ1) is 13.3. The molecule has 2 rings (SSSR count). The molecule has 2 aromatic carbocycles. The number of para-hydroxylation sites is 1. The predicted octanol–water partition coefficient (Wildman–Crippen LogP) is 3.62. The van der Waals surface area contributed by atoms with E-state index in [2.05, 4.69) is 5.32 Å². The Bertz CT molecular complexity index is 895. The van der Waals surface area contributed by atoms with Gasteiger partial charge in [0.25, 0.3) is 5.69 Å².